The molecule has 0 radical (unpaired) electrons. The highest BCUT2D eigenvalue weighted by Crippen LogP contribution is 2.26. The first-order valence-electron chi connectivity index (χ1n) is 7.94. The van der Waals surface area contributed by atoms with Gasteiger partial charge in [0.05, 0.1) is 5.69 Å². The average Bonchev–Trinajstić information content (AvgIpc) is 2.58. The van der Waals surface area contributed by atoms with Crippen LogP contribution in [0.3, 0.4) is 0 Å². The summed E-state index contributed by atoms with van der Waals surface area (Å²) >= 11 is 0. The molecule has 134 valence electrons. The van der Waals surface area contributed by atoms with Crippen LogP contribution in [-0.4, -0.2) is 9.97 Å². The Morgan fingerprint density at radius 3 is 2.19 bits per heavy atom. The Kier molecular flexibility index (Phi) is 4.79. The van der Waals surface area contributed by atoms with Crippen LogP contribution in [0.25, 0.3) is 0 Å². The van der Waals surface area contributed by atoms with Gasteiger partial charge < -0.3 is 10.6 Å². The molecule has 0 amide bonds. The quantitative estimate of drug-likeness (QED) is 0.621. The molecule has 4 nitrogen and oxygen atoms in total. The summed E-state index contributed by atoms with van der Waals surface area (Å²) in [6, 6.07) is 9.42. The molecule has 2 N–H and O–H groups in total. The summed E-state index contributed by atoms with van der Waals surface area (Å²) in [4.78, 5) is 8.60. The number of nitrogens with zero attached hydrogens (tertiary/aromatic N) is 2. The zero-order chi connectivity index (χ0) is 18.8. The van der Waals surface area contributed by atoms with E-state index in [-0.39, 0.29) is 11.5 Å². The van der Waals surface area contributed by atoms with Crippen molar-refractivity contribution in [3.05, 3.63) is 70.7 Å². The highest BCUT2D eigenvalue weighted by atomic mass is 19.2. The number of hydrogen-bond donors (Lipinski definition) is 2. The Labute approximate surface area is 149 Å². The molecule has 0 fully saturated rings. The van der Waals surface area contributed by atoms with Crippen molar-refractivity contribution >= 4 is 23.1 Å². The summed E-state index contributed by atoms with van der Waals surface area (Å²) in [5, 5.41) is 5.82. The first kappa shape index (κ1) is 17.7. The third-order valence-electron chi connectivity index (χ3n) is 3.87. The van der Waals surface area contributed by atoms with Gasteiger partial charge in [0, 0.05) is 17.4 Å². The number of aryl methyl sites for hydroxylation is 3. The lowest BCUT2D eigenvalue weighted by Gasteiger charge is -2.13. The topological polar surface area (TPSA) is 49.8 Å². The maximum atomic E-state index is 13.9. The summed E-state index contributed by atoms with van der Waals surface area (Å²) in [5.74, 6) is -3.51. The van der Waals surface area contributed by atoms with Gasteiger partial charge in [-0.25, -0.2) is 18.2 Å². The van der Waals surface area contributed by atoms with Crippen LogP contribution in [0.1, 0.15) is 16.8 Å². The van der Waals surface area contributed by atoms with E-state index in [4.69, 9.17) is 0 Å². The number of hydrogen-bond acceptors (Lipinski definition) is 4. The molecular formula is C19H17F3N4. The van der Waals surface area contributed by atoms with Gasteiger partial charge in [0.15, 0.2) is 17.5 Å². The van der Waals surface area contributed by atoms with Crippen LogP contribution in [-0.2, 0) is 0 Å². The van der Waals surface area contributed by atoms with E-state index in [0.717, 1.165) is 28.9 Å². The Balaban J connectivity index is 1.92. The van der Waals surface area contributed by atoms with E-state index in [1.165, 1.54) is 0 Å². The van der Waals surface area contributed by atoms with Crippen molar-refractivity contribution < 1.29 is 13.2 Å². The Hall–Kier alpha value is -3.09. The summed E-state index contributed by atoms with van der Waals surface area (Å²) in [7, 11) is 0. The van der Waals surface area contributed by atoms with Gasteiger partial charge in [-0.15, -0.1) is 0 Å². The average molecular weight is 358 g/mol. The summed E-state index contributed by atoms with van der Waals surface area (Å²) in [5.41, 5.74) is 3.34. The van der Waals surface area contributed by atoms with Crippen LogP contribution < -0.4 is 10.6 Å². The number of aromatic nitrogens is 2. The number of para-hydroxylation sites is 1. The second-order valence-electron chi connectivity index (χ2n) is 5.96. The van der Waals surface area contributed by atoms with Gasteiger partial charge in [-0.3, -0.25) is 0 Å². The van der Waals surface area contributed by atoms with Crippen LogP contribution in [0.4, 0.5) is 36.3 Å². The van der Waals surface area contributed by atoms with Gasteiger partial charge in [0.25, 0.3) is 0 Å². The van der Waals surface area contributed by atoms with Crippen molar-refractivity contribution in [3.63, 3.8) is 0 Å². The molecule has 3 rings (SSSR count). The first-order chi connectivity index (χ1) is 12.3. The highest BCUT2D eigenvalue weighted by molar-refractivity contribution is 5.65. The van der Waals surface area contributed by atoms with Gasteiger partial charge in [0.2, 0.25) is 5.95 Å². The smallest absolute Gasteiger partial charge is 0.229 e. The zero-order valence-corrected chi connectivity index (χ0v) is 14.5. The standard InChI is InChI=1S/C19H17F3N4/c1-10-5-4-6-11(2)18(10)26-19-23-12(3)9-15(25-19)24-14-8-7-13(20)16(21)17(14)22/h4-9H,1-3H3,(H2,23,24,25,26). The van der Waals surface area contributed by atoms with Crippen molar-refractivity contribution in [2.45, 2.75) is 20.8 Å². The van der Waals surface area contributed by atoms with Gasteiger partial charge in [-0.2, -0.15) is 4.98 Å². The van der Waals surface area contributed by atoms with E-state index >= 15 is 0 Å². The third kappa shape index (κ3) is 3.61. The Bertz CT molecular complexity index is 953. The van der Waals surface area contributed by atoms with Crippen LogP contribution in [0.15, 0.2) is 36.4 Å². The second-order valence-corrected chi connectivity index (χ2v) is 5.96. The van der Waals surface area contributed by atoms with E-state index < -0.39 is 17.5 Å². The molecule has 7 heteroatoms. The molecule has 1 aromatic heterocycles. The van der Waals surface area contributed by atoms with Crippen LogP contribution in [0.5, 0.6) is 0 Å². The zero-order valence-electron chi connectivity index (χ0n) is 14.5. The fraction of sp³-hybridized carbons (Fsp3) is 0.158. The predicted octanol–water partition coefficient (Wildman–Crippen LogP) is 5.31. The molecule has 0 atom stereocenters. The van der Waals surface area contributed by atoms with E-state index in [9.17, 15) is 13.2 Å². The van der Waals surface area contributed by atoms with Crippen LogP contribution in [0.2, 0.25) is 0 Å². The largest absolute Gasteiger partial charge is 0.338 e. The number of benzene rings is 2. The van der Waals surface area contributed by atoms with Crippen molar-refractivity contribution in [2.24, 2.45) is 0 Å². The monoisotopic (exact) mass is 358 g/mol. The Morgan fingerprint density at radius 1 is 0.808 bits per heavy atom. The SMILES string of the molecule is Cc1cc(Nc2ccc(F)c(F)c2F)nc(Nc2c(C)cccc2C)n1. The molecular weight excluding hydrogens is 341 g/mol. The molecule has 26 heavy (non-hydrogen) atoms. The van der Waals surface area contributed by atoms with E-state index in [1.54, 1.807) is 13.0 Å². The number of rotatable bonds is 4. The minimum atomic E-state index is -1.53. The van der Waals surface area contributed by atoms with Crippen LogP contribution >= 0.6 is 0 Å². The number of nitrogens with one attached hydrogen (secondary N) is 2. The fourth-order valence-electron chi connectivity index (χ4n) is 2.57. The third-order valence-corrected chi connectivity index (χ3v) is 3.87. The van der Waals surface area contributed by atoms with E-state index in [0.29, 0.717) is 11.6 Å². The lowest BCUT2D eigenvalue weighted by molar-refractivity contribution is 0.449. The lowest BCUT2D eigenvalue weighted by atomic mass is 10.1. The first-order valence-corrected chi connectivity index (χ1v) is 7.94. The molecule has 3 aromatic rings. The van der Waals surface area contributed by atoms with Gasteiger partial charge >= 0.3 is 0 Å². The van der Waals surface area contributed by atoms with Crippen molar-refractivity contribution in [2.75, 3.05) is 10.6 Å². The molecule has 0 saturated heterocycles. The molecule has 0 saturated carbocycles. The van der Waals surface area contributed by atoms with Gasteiger partial charge in [-0.1, -0.05) is 18.2 Å². The minimum Gasteiger partial charge on any atom is -0.338 e. The predicted molar refractivity (Wildman–Crippen MR) is 95.6 cm³/mol. The second kappa shape index (κ2) is 7.03. The minimum absolute atomic E-state index is 0.208. The maximum absolute atomic E-state index is 13.9. The molecule has 0 spiro atoms. The normalized spacial score (nSPS) is 10.7. The number of halogens is 3. The van der Waals surface area contributed by atoms with Crippen molar-refractivity contribution in [3.8, 4) is 0 Å². The van der Waals surface area contributed by atoms with Crippen LogP contribution in [0, 0.1) is 38.2 Å². The molecule has 0 aliphatic heterocycles. The van der Waals surface area contributed by atoms with Gasteiger partial charge in [-0.05, 0) is 44.0 Å². The highest BCUT2D eigenvalue weighted by Gasteiger charge is 2.14. The molecule has 0 bridgehead atoms. The summed E-state index contributed by atoms with van der Waals surface area (Å²) < 4.78 is 40.3. The fourth-order valence-corrected chi connectivity index (χ4v) is 2.57. The Morgan fingerprint density at radius 2 is 1.50 bits per heavy atom. The maximum Gasteiger partial charge on any atom is 0.229 e. The van der Waals surface area contributed by atoms with Crippen molar-refractivity contribution in [1.82, 2.24) is 9.97 Å². The van der Waals surface area contributed by atoms with Gasteiger partial charge in [0.1, 0.15) is 5.82 Å². The van der Waals surface area contributed by atoms with Crippen molar-refractivity contribution in [1.29, 1.82) is 0 Å². The molecule has 1 heterocycles. The summed E-state index contributed by atoms with van der Waals surface area (Å²) in [6.45, 7) is 5.67. The molecule has 0 aliphatic carbocycles. The van der Waals surface area contributed by atoms with E-state index in [1.807, 2.05) is 32.0 Å². The molecule has 0 aliphatic rings. The number of anilines is 4. The summed E-state index contributed by atoms with van der Waals surface area (Å²) in [6.07, 6.45) is 0. The van der Waals surface area contributed by atoms with E-state index in [2.05, 4.69) is 20.6 Å². The lowest BCUT2D eigenvalue weighted by Crippen LogP contribution is -2.05. The molecule has 2 aromatic carbocycles. The molecule has 0 unspecified atom stereocenters.